The van der Waals surface area contributed by atoms with E-state index in [1.54, 1.807) is 0 Å². The fourth-order valence-electron chi connectivity index (χ4n) is 4.07. The third-order valence-electron chi connectivity index (χ3n) is 5.55. The maximum atomic E-state index is 13.0. The Labute approximate surface area is 156 Å². The SMILES string of the molecule is Cc1nnc(SCC(=O)N2CC(=O)NC(=O)C23CCCCC3)n1C1CC1. The van der Waals surface area contributed by atoms with Crippen LogP contribution in [0.4, 0.5) is 0 Å². The number of aryl methyl sites for hydroxylation is 1. The predicted molar refractivity (Wildman–Crippen MR) is 94.4 cm³/mol. The quantitative estimate of drug-likeness (QED) is 0.626. The van der Waals surface area contributed by atoms with Crippen molar-refractivity contribution < 1.29 is 14.4 Å². The van der Waals surface area contributed by atoms with Crippen molar-refractivity contribution in [1.82, 2.24) is 25.0 Å². The topological polar surface area (TPSA) is 97.2 Å². The van der Waals surface area contributed by atoms with Crippen molar-refractivity contribution in [2.45, 2.75) is 68.6 Å². The van der Waals surface area contributed by atoms with E-state index in [1.165, 1.54) is 16.7 Å². The molecule has 3 aliphatic rings. The van der Waals surface area contributed by atoms with E-state index in [9.17, 15) is 14.4 Å². The van der Waals surface area contributed by atoms with Crippen LogP contribution in [0, 0.1) is 6.92 Å². The molecule has 3 amide bonds. The molecule has 2 aliphatic carbocycles. The summed E-state index contributed by atoms with van der Waals surface area (Å²) < 4.78 is 2.09. The highest BCUT2D eigenvalue weighted by molar-refractivity contribution is 7.99. The van der Waals surface area contributed by atoms with E-state index in [0.717, 1.165) is 43.1 Å². The van der Waals surface area contributed by atoms with Gasteiger partial charge in [0.2, 0.25) is 11.8 Å². The van der Waals surface area contributed by atoms with Gasteiger partial charge in [0.1, 0.15) is 17.9 Å². The van der Waals surface area contributed by atoms with Crippen molar-refractivity contribution in [2.75, 3.05) is 12.3 Å². The zero-order valence-electron chi connectivity index (χ0n) is 14.9. The van der Waals surface area contributed by atoms with Gasteiger partial charge in [-0.15, -0.1) is 10.2 Å². The van der Waals surface area contributed by atoms with Gasteiger partial charge in [0.15, 0.2) is 5.16 Å². The Hall–Kier alpha value is -1.90. The summed E-state index contributed by atoms with van der Waals surface area (Å²) in [5.41, 5.74) is -0.857. The minimum atomic E-state index is -0.857. The van der Waals surface area contributed by atoms with Gasteiger partial charge in [-0.2, -0.15) is 0 Å². The molecule has 4 rings (SSSR count). The van der Waals surface area contributed by atoms with Crippen LogP contribution in [-0.4, -0.2) is 55.2 Å². The predicted octanol–water partition coefficient (Wildman–Crippen LogP) is 1.20. The summed E-state index contributed by atoms with van der Waals surface area (Å²) in [5, 5.41) is 11.5. The lowest BCUT2D eigenvalue weighted by Gasteiger charge is -2.47. The number of aromatic nitrogens is 3. The molecule has 0 atom stereocenters. The van der Waals surface area contributed by atoms with Crippen LogP contribution in [0.5, 0.6) is 0 Å². The standard InChI is InChI=1S/C17H23N5O3S/c1-11-19-20-16(22(11)12-5-6-12)26-10-14(24)21-9-13(23)18-15(25)17(21)7-3-2-4-8-17/h12H,2-10H2,1H3,(H,18,23,25). The maximum Gasteiger partial charge on any atom is 0.252 e. The van der Waals surface area contributed by atoms with Crippen LogP contribution >= 0.6 is 11.8 Å². The minimum absolute atomic E-state index is 0.0422. The molecular weight excluding hydrogens is 354 g/mol. The number of amides is 3. The van der Waals surface area contributed by atoms with Crippen molar-refractivity contribution >= 4 is 29.5 Å². The van der Waals surface area contributed by atoms with Crippen molar-refractivity contribution in [2.24, 2.45) is 0 Å². The minimum Gasteiger partial charge on any atom is -0.318 e. The Morgan fingerprint density at radius 1 is 1.23 bits per heavy atom. The maximum absolute atomic E-state index is 13.0. The molecule has 1 N–H and O–H groups in total. The second-order valence-corrected chi connectivity index (χ2v) is 8.31. The average Bonchev–Trinajstić information content (AvgIpc) is 3.40. The number of carbonyl (C=O) groups excluding carboxylic acids is 3. The van der Waals surface area contributed by atoms with Crippen molar-refractivity contribution in [1.29, 1.82) is 0 Å². The smallest absolute Gasteiger partial charge is 0.252 e. The Morgan fingerprint density at radius 3 is 2.65 bits per heavy atom. The molecule has 2 saturated carbocycles. The third-order valence-corrected chi connectivity index (χ3v) is 6.48. The number of hydrogen-bond donors (Lipinski definition) is 1. The second kappa shape index (κ2) is 6.68. The summed E-state index contributed by atoms with van der Waals surface area (Å²) in [5.74, 6) is 0.125. The number of nitrogens with one attached hydrogen (secondary N) is 1. The normalized spacial score (nSPS) is 22.6. The van der Waals surface area contributed by atoms with Gasteiger partial charge < -0.3 is 9.47 Å². The van der Waals surface area contributed by atoms with Gasteiger partial charge in [-0.05, 0) is 32.6 Å². The van der Waals surface area contributed by atoms with Gasteiger partial charge in [0.05, 0.1) is 5.75 Å². The molecule has 0 aromatic carbocycles. The Balaban J connectivity index is 1.50. The van der Waals surface area contributed by atoms with Gasteiger partial charge in [-0.25, -0.2) is 0 Å². The molecule has 2 heterocycles. The van der Waals surface area contributed by atoms with Gasteiger partial charge in [-0.3, -0.25) is 19.7 Å². The molecule has 0 bridgehead atoms. The number of rotatable bonds is 4. The summed E-state index contributed by atoms with van der Waals surface area (Å²) >= 11 is 1.34. The highest BCUT2D eigenvalue weighted by Gasteiger charge is 2.50. The Kier molecular flexibility index (Phi) is 4.50. The van der Waals surface area contributed by atoms with Crippen LogP contribution < -0.4 is 5.32 Å². The van der Waals surface area contributed by atoms with Gasteiger partial charge in [0, 0.05) is 6.04 Å². The van der Waals surface area contributed by atoms with Crippen LogP contribution in [-0.2, 0) is 14.4 Å². The summed E-state index contributed by atoms with van der Waals surface area (Å²) in [4.78, 5) is 38.9. The summed E-state index contributed by atoms with van der Waals surface area (Å²) in [6.07, 6.45) is 6.33. The highest BCUT2D eigenvalue weighted by atomic mass is 32.2. The number of carbonyl (C=O) groups is 3. The molecule has 3 fully saturated rings. The molecule has 8 nitrogen and oxygen atoms in total. The first-order valence-electron chi connectivity index (χ1n) is 9.20. The van der Waals surface area contributed by atoms with Crippen LogP contribution in [0.2, 0.25) is 0 Å². The third kappa shape index (κ3) is 3.02. The number of imide groups is 1. The van der Waals surface area contributed by atoms with Crippen molar-refractivity contribution in [3.05, 3.63) is 5.82 Å². The summed E-state index contributed by atoms with van der Waals surface area (Å²) in [7, 11) is 0. The molecule has 26 heavy (non-hydrogen) atoms. The van der Waals surface area contributed by atoms with Crippen molar-refractivity contribution in [3.8, 4) is 0 Å². The van der Waals surface area contributed by atoms with E-state index in [4.69, 9.17) is 0 Å². The molecular formula is C17H23N5O3S. The Bertz CT molecular complexity index is 752. The fraction of sp³-hybridized carbons (Fsp3) is 0.706. The number of nitrogens with zero attached hydrogens (tertiary/aromatic N) is 4. The number of thioether (sulfide) groups is 1. The lowest BCUT2D eigenvalue weighted by atomic mass is 9.78. The molecule has 0 radical (unpaired) electrons. The van der Waals surface area contributed by atoms with Gasteiger partial charge >= 0.3 is 0 Å². The first-order valence-corrected chi connectivity index (χ1v) is 10.2. The summed E-state index contributed by atoms with van der Waals surface area (Å²) in [6, 6.07) is 0.439. The second-order valence-electron chi connectivity index (χ2n) is 7.37. The Morgan fingerprint density at radius 2 is 1.96 bits per heavy atom. The van der Waals surface area contributed by atoms with E-state index >= 15 is 0 Å². The van der Waals surface area contributed by atoms with E-state index < -0.39 is 11.4 Å². The molecule has 1 aromatic rings. The zero-order chi connectivity index (χ0) is 18.3. The van der Waals surface area contributed by atoms with E-state index in [1.807, 2.05) is 6.92 Å². The van der Waals surface area contributed by atoms with E-state index in [0.29, 0.717) is 18.9 Å². The van der Waals surface area contributed by atoms with Crippen LogP contribution in [0.15, 0.2) is 5.16 Å². The summed E-state index contributed by atoms with van der Waals surface area (Å²) in [6.45, 7) is 1.88. The van der Waals surface area contributed by atoms with Crippen LogP contribution in [0.1, 0.15) is 56.8 Å². The molecule has 9 heteroatoms. The fourth-order valence-corrected chi connectivity index (χ4v) is 4.99. The molecule has 1 aliphatic heterocycles. The van der Waals surface area contributed by atoms with E-state index in [2.05, 4.69) is 20.1 Å². The first-order chi connectivity index (χ1) is 12.5. The van der Waals surface area contributed by atoms with Gasteiger partial charge in [-0.1, -0.05) is 31.0 Å². The lowest BCUT2D eigenvalue weighted by molar-refractivity contribution is -0.158. The number of piperazine rings is 1. The van der Waals surface area contributed by atoms with Gasteiger partial charge in [0.25, 0.3) is 5.91 Å². The lowest BCUT2D eigenvalue weighted by Crippen LogP contribution is -2.69. The largest absolute Gasteiger partial charge is 0.318 e. The molecule has 140 valence electrons. The average molecular weight is 377 g/mol. The highest BCUT2D eigenvalue weighted by Crippen LogP contribution is 2.39. The molecule has 1 saturated heterocycles. The van der Waals surface area contributed by atoms with Crippen LogP contribution in [0.25, 0.3) is 0 Å². The first kappa shape index (κ1) is 17.5. The molecule has 0 unspecified atom stereocenters. The number of hydrogen-bond acceptors (Lipinski definition) is 6. The molecule has 1 aromatic heterocycles. The van der Waals surface area contributed by atoms with Crippen molar-refractivity contribution in [3.63, 3.8) is 0 Å². The monoisotopic (exact) mass is 377 g/mol. The van der Waals surface area contributed by atoms with E-state index in [-0.39, 0.29) is 24.1 Å². The molecule has 1 spiro atoms. The zero-order valence-corrected chi connectivity index (χ0v) is 15.7. The van der Waals surface area contributed by atoms with Crippen LogP contribution in [0.3, 0.4) is 0 Å².